The minimum atomic E-state index is -0.379. The molecule has 2 saturated heterocycles. The second-order valence-electron chi connectivity index (χ2n) is 5.77. The topological polar surface area (TPSA) is 101 Å². The van der Waals surface area contributed by atoms with E-state index in [-0.39, 0.29) is 23.8 Å². The van der Waals surface area contributed by atoms with Crippen LogP contribution in [0, 0.1) is 0 Å². The SMILES string of the molecule is O=C1CCC(C(=O)N2CC(c3nc(-c4ccccn4)no3)C2)N1. The molecule has 1 N–H and O–H groups in total. The molecular formula is C15H15N5O3. The molecule has 0 saturated carbocycles. The molecule has 1 unspecified atom stereocenters. The molecule has 2 aliphatic rings. The van der Waals surface area contributed by atoms with Gasteiger partial charge in [0.15, 0.2) is 0 Å². The fraction of sp³-hybridized carbons (Fsp3) is 0.400. The summed E-state index contributed by atoms with van der Waals surface area (Å²) in [5.41, 5.74) is 0.656. The summed E-state index contributed by atoms with van der Waals surface area (Å²) < 4.78 is 5.28. The third-order valence-corrected chi connectivity index (χ3v) is 4.17. The lowest BCUT2D eigenvalue weighted by Gasteiger charge is -2.38. The van der Waals surface area contributed by atoms with E-state index in [1.54, 1.807) is 11.1 Å². The van der Waals surface area contributed by atoms with Gasteiger partial charge in [-0.2, -0.15) is 4.98 Å². The quantitative estimate of drug-likeness (QED) is 0.876. The van der Waals surface area contributed by atoms with Gasteiger partial charge in [-0.05, 0) is 18.6 Å². The first-order valence-electron chi connectivity index (χ1n) is 7.54. The smallest absolute Gasteiger partial charge is 0.245 e. The maximum atomic E-state index is 12.2. The average Bonchev–Trinajstić information content (AvgIpc) is 3.16. The number of nitrogens with zero attached hydrogens (tertiary/aromatic N) is 4. The van der Waals surface area contributed by atoms with Gasteiger partial charge in [0.1, 0.15) is 11.7 Å². The number of carbonyl (C=O) groups excluding carboxylic acids is 2. The van der Waals surface area contributed by atoms with Crippen molar-refractivity contribution in [3.05, 3.63) is 30.3 Å². The summed E-state index contributed by atoms with van der Waals surface area (Å²) in [6, 6.07) is 5.11. The van der Waals surface area contributed by atoms with Crippen LogP contribution in [-0.2, 0) is 9.59 Å². The third kappa shape index (κ3) is 2.56. The van der Waals surface area contributed by atoms with Crippen LogP contribution in [-0.4, -0.2) is 51.0 Å². The van der Waals surface area contributed by atoms with E-state index in [4.69, 9.17) is 4.52 Å². The maximum absolute atomic E-state index is 12.2. The minimum Gasteiger partial charge on any atom is -0.344 e. The van der Waals surface area contributed by atoms with Gasteiger partial charge in [0.25, 0.3) is 0 Å². The average molecular weight is 313 g/mol. The molecule has 2 aromatic heterocycles. The maximum Gasteiger partial charge on any atom is 0.245 e. The van der Waals surface area contributed by atoms with Crippen molar-refractivity contribution in [3.63, 3.8) is 0 Å². The van der Waals surface area contributed by atoms with Crippen molar-refractivity contribution in [1.82, 2.24) is 25.3 Å². The molecule has 2 amide bonds. The van der Waals surface area contributed by atoms with Crippen LogP contribution >= 0.6 is 0 Å². The van der Waals surface area contributed by atoms with E-state index in [0.717, 1.165) is 0 Å². The molecule has 8 nitrogen and oxygen atoms in total. The Hall–Kier alpha value is -2.77. The Kier molecular flexibility index (Phi) is 3.29. The van der Waals surface area contributed by atoms with E-state index < -0.39 is 0 Å². The molecule has 2 fully saturated rings. The van der Waals surface area contributed by atoms with Crippen LogP contribution in [0.5, 0.6) is 0 Å². The zero-order valence-corrected chi connectivity index (χ0v) is 12.3. The molecule has 0 aromatic carbocycles. The van der Waals surface area contributed by atoms with Gasteiger partial charge in [-0.15, -0.1) is 0 Å². The second-order valence-corrected chi connectivity index (χ2v) is 5.77. The highest BCUT2D eigenvalue weighted by Crippen LogP contribution is 2.28. The first-order chi connectivity index (χ1) is 11.2. The Labute approximate surface area is 131 Å². The van der Waals surface area contributed by atoms with E-state index >= 15 is 0 Å². The van der Waals surface area contributed by atoms with Gasteiger partial charge in [0.05, 0.1) is 5.92 Å². The highest BCUT2D eigenvalue weighted by atomic mass is 16.5. The highest BCUT2D eigenvalue weighted by Gasteiger charge is 2.40. The summed E-state index contributed by atoms with van der Waals surface area (Å²) in [6.07, 6.45) is 2.67. The first-order valence-corrected chi connectivity index (χ1v) is 7.54. The lowest BCUT2D eigenvalue weighted by atomic mass is 9.98. The Morgan fingerprint density at radius 2 is 2.22 bits per heavy atom. The number of rotatable bonds is 3. The van der Waals surface area contributed by atoms with Crippen LogP contribution in [0.1, 0.15) is 24.7 Å². The molecule has 2 aliphatic heterocycles. The van der Waals surface area contributed by atoms with Crippen LogP contribution in [0.15, 0.2) is 28.9 Å². The van der Waals surface area contributed by atoms with E-state index in [1.807, 2.05) is 18.2 Å². The van der Waals surface area contributed by atoms with Crippen molar-refractivity contribution in [2.24, 2.45) is 0 Å². The van der Waals surface area contributed by atoms with Crippen LogP contribution in [0.3, 0.4) is 0 Å². The lowest BCUT2D eigenvalue weighted by Crippen LogP contribution is -2.54. The number of pyridine rings is 1. The molecular weight excluding hydrogens is 298 g/mol. The zero-order chi connectivity index (χ0) is 15.8. The van der Waals surface area contributed by atoms with Crippen molar-refractivity contribution >= 4 is 11.8 Å². The summed E-state index contributed by atoms with van der Waals surface area (Å²) >= 11 is 0. The summed E-state index contributed by atoms with van der Waals surface area (Å²) in [4.78, 5) is 33.7. The Balaban J connectivity index is 1.38. The van der Waals surface area contributed by atoms with Gasteiger partial charge in [0.2, 0.25) is 23.5 Å². The molecule has 8 heteroatoms. The van der Waals surface area contributed by atoms with Gasteiger partial charge in [-0.3, -0.25) is 14.6 Å². The Morgan fingerprint density at radius 3 is 2.91 bits per heavy atom. The number of carbonyl (C=O) groups is 2. The van der Waals surface area contributed by atoms with Crippen LogP contribution in [0.2, 0.25) is 0 Å². The predicted molar refractivity (Wildman–Crippen MR) is 78.0 cm³/mol. The fourth-order valence-electron chi connectivity index (χ4n) is 2.83. The standard InChI is InChI=1S/C15H15N5O3/c21-12-5-4-11(17-12)15(22)20-7-9(8-20)14-18-13(19-23-14)10-3-1-2-6-16-10/h1-3,6,9,11H,4-5,7-8H2,(H,17,21). The van der Waals surface area contributed by atoms with Crippen molar-refractivity contribution in [2.45, 2.75) is 24.8 Å². The minimum absolute atomic E-state index is 0.0310. The number of hydrogen-bond donors (Lipinski definition) is 1. The monoisotopic (exact) mass is 313 g/mol. The summed E-state index contributed by atoms with van der Waals surface area (Å²) in [5, 5.41) is 6.63. The Morgan fingerprint density at radius 1 is 1.35 bits per heavy atom. The van der Waals surface area contributed by atoms with E-state index in [0.29, 0.717) is 43.3 Å². The second kappa shape index (κ2) is 5.45. The van der Waals surface area contributed by atoms with Gasteiger partial charge >= 0.3 is 0 Å². The van der Waals surface area contributed by atoms with Crippen molar-refractivity contribution in [2.75, 3.05) is 13.1 Å². The van der Waals surface area contributed by atoms with E-state index in [2.05, 4.69) is 20.4 Å². The zero-order valence-electron chi connectivity index (χ0n) is 12.3. The van der Waals surface area contributed by atoms with Gasteiger partial charge in [-0.25, -0.2) is 0 Å². The fourth-order valence-corrected chi connectivity index (χ4v) is 2.83. The van der Waals surface area contributed by atoms with E-state index in [1.165, 1.54) is 0 Å². The summed E-state index contributed by atoms with van der Waals surface area (Å²) in [6.45, 7) is 1.07. The molecule has 4 heterocycles. The third-order valence-electron chi connectivity index (χ3n) is 4.17. The molecule has 0 bridgehead atoms. The number of amides is 2. The van der Waals surface area contributed by atoms with Gasteiger partial charge in [0, 0.05) is 25.7 Å². The first kappa shape index (κ1) is 13.9. The largest absolute Gasteiger partial charge is 0.344 e. The molecule has 118 valence electrons. The van der Waals surface area contributed by atoms with Crippen molar-refractivity contribution in [3.8, 4) is 11.5 Å². The van der Waals surface area contributed by atoms with Crippen LogP contribution < -0.4 is 5.32 Å². The summed E-state index contributed by atoms with van der Waals surface area (Å²) in [7, 11) is 0. The highest BCUT2D eigenvalue weighted by molar-refractivity contribution is 5.91. The molecule has 0 radical (unpaired) electrons. The summed E-state index contributed by atoms with van der Waals surface area (Å²) in [5.74, 6) is 0.925. The number of likely N-dealkylation sites (tertiary alicyclic amines) is 1. The van der Waals surface area contributed by atoms with Crippen molar-refractivity contribution in [1.29, 1.82) is 0 Å². The molecule has 0 spiro atoms. The number of aromatic nitrogens is 3. The Bertz CT molecular complexity index is 739. The predicted octanol–water partition coefficient (Wildman–Crippen LogP) is 0.336. The van der Waals surface area contributed by atoms with Gasteiger partial charge < -0.3 is 14.7 Å². The van der Waals surface area contributed by atoms with Gasteiger partial charge in [-0.1, -0.05) is 11.2 Å². The number of hydrogen-bond acceptors (Lipinski definition) is 6. The molecule has 2 aromatic rings. The number of nitrogens with one attached hydrogen (secondary N) is 1. The van der Waals surface area contributed by atoms with Crippen LogP contribution in [0.4, 0.5) is 0 Å². The van der Waals surface area contributed by atoms with E-state index in [9.17, 15) is 9.59 Å². The van der Waals surface area contributed by atoms with Crippen molar-refractivity contribution < 1.29 is 14.1 Å². The molecule has 23 heavy (non-hydrogen) atoms. The normalized spacial score (nSPS) is 21.1. The molecule has 4 rings (SSSR count). The lowest BCUT2D eigenvalue weighted by molar-refractivity contribution is -0.138. The van der Waals surface area contributed by atoms with Crippen LogP contribution in [0.25, 0.3) is 11.5 Å². The molecule has 0 aliphatic carbocycles. The molecule has 1 atom stereocenters.